The monoisotopic (exact) mass is 249 g/mol. The molecule has 18 heavy (non-hydrogen) atoms. The van der Waals surface area contributed by atoms with E-state index in [2.05, 4.69) is 10.3 Å². The van der Waals surface area contributed by atoms with Crippen LogP contribution in [-0.2, 0) is 9.53 Å². The van der Waals surface area contributed by atoms with Crippen LogP contribution in [0.4, 0.5) is 5.69 Å². The van der Waals surface area contributed by atoms with Gasteiger partial charge < -0.3 is 15.8 Å². The Morgan fingerprint density at radius 1 is 1.50 bits per heavy atom. The third-order valence-corrected chi connectivity index (χ3v) is 2.80. The molecule has 0 radical (unpaired) electrons. The Morgan fingerprint density at radius 2 is 2.28 bits per heavy atom. The highest BCUT2D eigenvalue weighted by Crippen LogP contribution is 2.20. The third kappa shape index (κ3) is 2.84. The van der Waals surface area contributed by atoms with Gasteiger partial charge in [-0.05, 0) is 31.9 Å². The number of anilines is 1. The van der Waals surface area contributed by atoms with Crippen molar-refractivity contribution in [3.8, 4) is 0 Å². The maximum Gasteiger partial charge on any atom is 0.267 e. The van der Waals surface area contributed by atoms with Crippen LogP contribution in [0.15, 0.2) is 18.3 Å². The number of carbonyl (C=O) groups excluding carboxylic acids is 2. The zero-order valence-electron chi connectivity index (χ0n) is 10.1. The summed E-state index contributed by atoms with van der Waals surface area (Å²) in [6, 6.07) is 3.04. The van der Waals surface area contributed by atoms with Crippen LogP contribution in [0.3, 0.4) is 0 Å². The molecule has 6 nitrogen and oxygen atoms in total. The van der Waals surface area contributed by atoms with Gasteiger partial charge in [0, 0.05) is 11.9 Å². The second-order valence-electron chi connectivity index (χ2n) is 4.30. The first-order valence-corrected chi connectivity index (χ1v) is 5.78. The lowest BCUT2D eigenvalue weighted by molar-refractivity contribution is -0.126. The van der Waals surface area contributed by atoms with Crippen LogP contribution >= 0.6 is 0 Å². The second kappa shape index (κ2) is 5.14. The highest BCUT2D eigenvalue weighted by Gasteiger charge is 2.28. The number of pyridine rings is 1. The zero-order valence-corrected chi connectivity index (χ0v) is 10.1. The van der Waals surface area contributed by atoms with Crippen molar-refractivity contribution >= 4 is 17.5 Å². The Hall–Kier alpha value is -1.95. The highest BCUT2D eigenvalue weighted by atomic mass is 16.5. The number of carbonyl (C=O) groups is 2. The van der Waals surface area contributed by atoms with Crippen molar-refractivity contribution in [2.75, 3.05) is 5.32 Å². The van der Waals surface area contributed by atoms with Crippen LogP contribution in [0.5, 0.6) is 0 Å². The second-order valence-corrected chi connectivity index (χ2v) is 4.30. The van der Waals surface area contributed by atoms with Crippen LogP contribution in [0, 0.1) is 0 Å². The molecule has 0 saturated carbocycles. The molecule has 1 aromatic rings. The first-order chi connectivity index (χ1) is 8.56. The third-order valence-electron chi connectivity index (χ3n) is 2.80. The number of rotatable bonds is 3. The molecule has 6 heteroatoms. The molecule has 1 aliphatic heterocycles. The van der Waals surface area contributed by atoms with Crippen molar-refractivity contribution in [1.29, 1.82) is 0 Å². The molecule has 0 spiro atoms. The minimum absolute atomic E-state index is 0.111. The zero-order chi connectivity index (χ0) is 13.1. The SMILES string of the molecule is CC1CC[C@H](C(=O)Nc2ccnc(C(N)=O)c2)O1. The molecular formula is C12H15N3O3. The fourth-order valence-electron chi connectivity index (χ4n) is 1.86. The number of hydrogen-bond acceptors (Lipinski definition) is 4. The Labute approximate surface area is 105 Å². The van der Waals surface area contributed by atoms with Gasteiger partial charge >= 0.3 is 0 Å². The fourth-order valence-corrected chi connectivity index (χ4v) is 1.86. The fraction of sp³-hybridized carbons (Fsp3) is 0.417. The Bertz CT molecular complexity index is 475. The number of nitrogens with zero attached hydrogens (tertiary/aromatic N) is 1. The summed E-state index contributed by atoms with van der Waals surface area (Å²) in [5.41, 5.74) is 5.73. The van der Waals surface area contributed by atoms with Gasteiger partial charge in [0.25, 0.3) is 11.8 Å². The van der Waals surface area contributed by atoms with Crippen LogP contribution in [0.25, 0.3) is 0 Å². The first-order valence-electron chi connectivity index (χ1n) is 5.78. The molecule has 2 heterocycles. The molecule has 1 aromatic heterocycles. The first kappa shape index (κ1) is 12.5. The topological polar surface area (TPSA) is 94.3 Å². The van der Waals surface area contributed by atoms with E-state index in [1.807, 2.05) is 6.92 Å². The van der Waals surface area contributed by atoms with E-state index in [9.17, 15) is 9.59 Å². The molecule has 1 fully saturated rings. The molecule has 2 atom stereocenters. The van der Waals surface area contributed by atoms with Gasteiger partial charge in [-0.15, -0.1) is 0 Å². The quantitative estimate of drug-likeness (QED) is 0.823. The van der Waals surface area contributed by atoms with Crippen LogP contribution < -0.4 is 11.1 Å². The number of nitrogens with one attached hydrogen (secondary N) is 1. The minimum Gasteiger partial charge on any atom is -0.365 e. The molecule has 1 saturated heterocycles. The van der Waals surface area contributed by atoms with Crippen LogP contribution in [0.2, 0.25) is 0 Å². The van der Waals surface area contributed by atoms with Gasteiger partial charge in [0.1, 0.15) is 11.8 Å². The standard InChI is InChI=1S/C12H15N3O3/c1-7-2-3-10(18-7)12(17)15-8-4-5-14-9(6-8)11(13)16/h4-7,10H,2-3H2,1H3,(H2,13,16)(H,14,15,17)/t7?,10-/m1/s1. The van der Waals surface area contributed by atoms with Gasteiger partial charge in [-0.25, -0.2) is 0 Å². The van der Waals surface area contributed by atoms with Crippen molar-refractivity contribution in [2.24, 2.45) is 5.73 Å². The van der Waals surface area contributed by atoms with E-state index in [4.69, 9.17) is 10.5 Å². The van der Waals surface area contributed by atoms with Gasteiger partial charge in [-0.3, -0.25) is 14.6 Å². The van der Waals surface area contributed by atoms with Crippen molar-refractivity contribution in [2.45, 2.75) is 32.0 Å². The number of hydrogen-bond donors (Lipinski definition) is 2. The molecule has 0 aliphatic carbocycles. The maximum atomic E-state index is 11.9. The average Bonchev–Trinajstić information content (AvgIpc) is 2.76. The summed E-state index contributed by atoms with van der Waals surface area (Å²) in [6.07, 6.45) is 2.69. The summed E-state index contributed by atoms with van der Waals surface area (Å²) >= 11 is 0. The van der Waals surface area contributed by atoms with Gasteiger partial charge in [0.05, 0.1) is 6.10 Å². The van der Waals surface area contributed by atoms with Gasteiger partial charge in [-0.1, -0.05) is 0 Å². The molecule has 3 N–H and O–H groups in total. The van der Waals surface area contributed by atoms with E-state index in [0.29, 0.717) is 12.1 Å². The summed E-state index contributed by atoms with van der Waals surface area (Å²) in [5, 5.41) is 2.69. The summed E-state index contributed by atoms with van der Waals surface area (Å²) in [6.45, 7) is 1.94. The summed E-state index contributed by atoms with van der Waals surface area (Å²) in [5.74, 6) is -0.835. The largest absolute Gasteiger partial charge is 0.365 e. The summed E-state index contributed by atoms with van der Waals surface area (Å²) < 4.78 is 5.45. The predicted octanol–water partition coefficient (Wildman–Crippen LogP) is 0.686. The van der Waals surface area contributed by atoms with E-state index >= 15 is 0 Å². The number of nitrogens with two attached hydrogens (primary N) is 1. The van der Waals surface area contributed by atoms with E-state index < -0.39 is 12.0 Å². The van der Waals surface area contributed by atoms with Gasteiger partial charge in [-0.2, -0.15) is 0 Å². The summed E-state index contributed by atoms with van der Waals surface area (Å²) in [4.78, 5) is 26.6. The molecule has 0 aromatic carbocycles. The molecule has 1 unspecified atom stereocenters. The van der Waals surface area contributed by atoms with Gasteiger partial charge in [0.2, 0.25) is 0 Å². The van der Waals surface area contributed by atoms with Gasteiger partial charge in [0.15, 0.2) is 0 Å². The number of aromatic nitrogens is 1. The molecule has 2 amide bonds. The smallest absolute Gasteiger partial charge is 0.267 e. The highest BCUT2D eigenvalue weighted by molar-refractivity contribution is 5.96. The lowest BCUT2D eigenvalue weighted by Gasteiger charge is -2.11. The Kier molecular flexibility index (Phi) is 3.57. The number of ether oxygens (including phenoxy) is 1. The van der Waals surface area contributed by atoms with E-state index in [-0.39, 0.29) is 17.7 Å². The Balaban J connectivity index is 2.03. The number of amides is 2. The lowest BCUT2D eigenvalue weighted by Crippen LogP contribution is -2.28. The van der Waals surface area contributed by atoms with Crippen molar-refractivity contribution in [3.05, 3.63) is 24.0 Å². The molecular weight excluding hydrogens is 234 g/mol. The van der Waals surface area contributed by atoms with Crippen molar-refractivity contribution < 1.29 is 14.3 Å². The van der Waals surface area contributed by atoms with E-state index in [1.165, 1.54) is 12.3 Å². The minimum atomic E-state index is -0.628. The normalized spacial score (nSPS) is 22.7. The molecule has 96 valence electrons. The predicted molar refractivity (Wildman–Crippen MR) is 65.0 cm³/mol. The average molecular weight is 249 g/mol. The van der Waals surface area contributed by atoms with Crippen LogP contribution in [-0.4, -0.2) is 29.0 Å². The molecule has 0 bridgehead atoms. The molecule has 2 rings (SSSR count). The lowest BCUT2D eigenvalue weighted by atomic mass is 10.2. The van der Waals surface area contributed by atoms with E-state index in [1.54, 1.807) is 6.07 Å². The molecule has 1 aliphatic rings. The van der Waals surface area contributed by atoms with Crippen molar-refractivity contribution in [3.63, 3.8) is 0 Å². The van der Waals surface area contributed by atoms with Crippen LogP contribution in [0.1, 0.15) is 30.3 Å². The maximum absolute atomic E-state index is 11.9. The Morgan fingerprint density at radius 3 is 2.89 bits per heavy atom. The van der Waals surface area contributed by atoms with Crippen molar-refractivity contribution in [1.82, 2.24) is 4.98 Å². The number of primary amides is 1. The summed E-state index contributed by atoms with van der Waals surface area (Å²) in [7, 11) is 0. The van der Waals surface area contributed by atoms with E-state index in [0.717, 1.165) is 6.42 Å².